The molecule has 0 bridgehead atoms. The number of fused-ring (bicyclic) bond motifs is 1. The van der Waals surface area contributed by atoms with Crippen LogP contribution in [0, 0.1) is 5.92 Å². The third-order valence-electron chi connectivity index (χ3n) is 6.30. The van der Waals surface area contributed by atoms with E-state index in [0.717, 1.165) is 54.6 Å². The van der Waals surface area contributed by atoms with E-state index in [0.29, 0.717) is 5.92 Å². The number of carbonyl (C=O) groups excluding carboxylic acids is 1. The van der Waals surface area contributed by atoms with Crippen LogP contribution in [0.25, 0.3) is 16.5 Å². The molecule has 162 valence electrons. The minimum absolute atomic E-state index is 0.0214. The Morgan fingerprint density at radius 3 is 2.69 bits per heavy atom. The van der Waals surface area contributed by atoms with Gasteiger partial charge in [0.25, 0.3) is 5.91 Å². The Bertz CT molecular complexity index is 1180. The molecule has 1 aromatic heterocycles. The predicted molar refractivity (Wildman–Crippen MR) is 128 cm³/mol. The van der Waals surface area contributed by atoms with Crippen LogP contribution in [0.4, 0.5) is 0 Å². The van der Waals surface area contributed by atoms with Crippen molar-refractivity contribution >= 4 is 16.7 Å². The van der Waals surface area contributed by atoms with Crippen LogP contribution >= 0.6 is 0 Å². The van der Waals surface area contributed by atoms with Gasteiger partial charge in [0.2, 0.25) is 0 Å². The molecule has 0 saturated carbocycles. The molecule has 4 aromatic rings. The number of aromatic nitrogens is 2. The summed E-state index contributed by atoms with van der Waals surface area (Å²) in [5.74, 6) is 0.499. The third kappa shape index (κ3) is 4.58. The minimum Gasteiger partial charge on any atom is -0.352 e. The van der Waals surface area contributed by atoms with Crippen LogP contribution in [0.15, 0.2) is 85.2 Å². The number of benzene rings is 3. The van der Waals surface area contributed by atoms with Crippen molar-refractivity contribution in [1.29, 1.82) is 0 Å². The maximum Gasteiger partial charge on any atom is 0.251 e. The molecule has 5 heteroatoms. The van der Waals surface area contributed by atoms with Crippen molar-refractivity contribution in [2.45, 2.75) is 19.4 Å². The number of piperidine rings is 1. The lowest BCUT2D eigenvalue weighted by molar-refractivity contribution is 0.0932. The van der Waals surface area contributed by atoms with Gasteiger partial charge in [0.05, 0.1) is 5.69 Å². The topological polar surface area (TPSA) is 50.2 Å². The van der Waals surface area contributed by atoms with Gasteiger partial charge in [0.15, 0.2) is 0 Å². The van der Waals surface area contributed by atoms with Gasteiger partial charge < -0.3 is 5.32 Å². The van der Waals surface area contributed by atoms with Crippen molar-refractivity contribution in [2.75, 3.05) is 19.6 Å². The van der Waals surface area contributed by atoms with Gasteiger partial charge in [-0.3, -0.25) is 9.69 Å². The molecule has 1 unspecified atom stereocenters. The number of nitrogens with zero attached hydrogens (tertiary/aromatic N) is 3. The van der Waals surface area contributed by atoms with Crippen molar-refractivity contribution in [3.8, 4) is 5.69 Å². The summed E-state index contributed by atoms with van der Waals surface area (Å²) in [6.45, 7) is 3.77. The Morgan fingerprint density at radius 1 is 1.00 bits per heavy atom. The van der Waals surface area contributed by atoms with Crippen LogP contribution in [-0.4, -0.2) is 40.2 Å². The molecule has 0 radical (unpaired) electrons. The summed E-state index contributed by atoms with van der Waals surface area (Å²) < 4.78 is 1.87. The number of nitrogens with one attached hydrogen (secondary N) is 1. The average molecular weight is 425 g/mol. The SMILES string of the molecule is O=C(NCC1CCCN(Cc2ccc(-n3cccn3)cc2)C1)c1cccc2ccccc12. The number of hydrogen-bond acceptors (Lipinski definition) is 3. The first-order valence-electron chi connectivity index (χ1n) is 11.3. The number of hydrogen-bond donors (Lipinski definition) is 1. The monoisotopic (exact) mass is 424 g/mol. The van der Waals surface area contributed by atoms with E-state index in [9.17, 15) is 4.79 Å². The molecule has 1 saturated heterocycles. The summed E-state index contributed by atoms with van der Waals surface area (Å²) in [4.78, 5) is 15.4. The second-order valence-electron chi connectivity index (χ2n) is 8.60. The lowest BCUT2D eigenvalue weighted by atomic mass is 9.97. The van der Waals surface area contributed by atoms with E-state index in [1.807, 2.05) is 59.4 Å². The van der Waals surface area contributed by atoms with Crippen LogP contribution in [0.1, 0.15) is 28.8 Å². The van der Waals surface area contributed by atoms with Crippen molar-refractivity contribution in [1.82, 2.24) is 20.0 Å². The number of rotatable bonds is 6. The Morgan fingerprint density at radius 2 is 1.84 bits per heavy atom. The molecule has 0 spiro atoms. The Hall–Kier alpha value is -3.44. The average Bonchev–Trinajstić information content (AvgIpc) is 3.38. The maximum atomic E-state index is 12.9. The molecular weight excluding hydrogens is 396 g/mol. The fourth-order valence-corrected chi connectivity index (χ4v) is 4.65. The second kappa shape index (κ2) is 9.37. The molecule has 1 N–H and O–H groups in total. The Kier molecular flexibility index (Phi) is 5.99. The summed E-state index contributed by atoms with van der Waals surface area (Å²) in [5, 5.41) is 9.59. The Balaban J connectivity index is 1.17. The number of carbonyl (C=O) groups is 1. The van der Waals surface area contributed by atoms with E-state index in [1.165, 1.54) is 12.0 Å². The maximum absolute atomic E-state index is 12.9. The van der Waals surface area contributed by atoms with E-state index < -0.39 is 0 Å². The zero-order valence-electron chi connectivity index (χ0n) is 18.2. The van der Waals surface area contributed by atoms with Crippen LogP contribution in [0.2, 0.25) is 0 Å². The summed E-state index contributed by atoms with van der Waals surface area (Å²) in [5.41, 5.74) is 3.14. The van der Waals surface area contributed by atoms with Gasteiger partial charge in [0, 0.05) is 37.6 Å². The molecule has 5 nitrogen and oxygen atoms in total. The van der Waals surface area contributed by atoms with Crippen molar-refractivity contribution in [2.24, 2.45) is 5.92 Å². The van der Waals surface area contributed by atoms with Gasteiger partial charge in [0.1, 0.15) is 0 Å². The summed E-state index contributed by atoms with van der Waals surface area (Å²) >= 11 is 0. The number of likely N-dealkylation sites (tertiary alicyclic amines) is 1. The Labute approximate surface area is 188 Å². The van der Waals surface area contributed by atoms with E-state index in [4.69, 9.17) is 0 Å². The van der Waals surface area contributed by atoms with Crippen molar-refractivity contribution < 1.29 is 4.79 Å². The molecule has 0 aliphatic carbocycles. The van der Waals surface area contributed by atoms with E-state index in [-0.39, 0.29) is 5.91 Å². The summed E-state index contributed by atoms with van der Waals surface area (Å²) in [6.07, 6.45) is 6.07. The van der Waals surface area contributed by atoms with Crippen molar-refractivity contribution in [3.05, 3.63) is 96.3 Å². The lowest BCUT2D eigenvalue weighted by Gasteiger charge is -2.33. The van der Waals surface area contributed by atoms with Gasteiger partial charge in [-0.2, -0.15) is 5.10 Å². The van der Waals surface area contributed by atoms with Crippen LogP contribution in [0.5, 0.6) is 0 Å². The zero-order chi connectivity index (χ0) is 21.8. The first-order valence-corrected chi connectivity index (χ1v) is 11.3. The minimum atomic E-state index is 0.0214. The predicted octanol–water partition coefficient (Wildman–Crippen LogP) is 4.67. The molecule has 5 rings (SSSR count). The van der Waals surface area contributed by atoms with E-state index in [1.54, 1.807) is 6.20 Å². The molecule has 1 aliphatic rings. The fraction of sp³-hybridized carbons (Fsp3) is 0.259. The highest BCUT2D eigenvalue weighted by atomic mass is 16.1. The lowest BCUT2D eigenvalue weighted by Crippen LogP contribution is -2.40. The highest BCUT2D eigenvalue weighted by molar-refractivity contribution is 6.06. The fourth-order valence-electron chi connectivity index (χ4n) is 4.65. The first-order chi connectivity index (χ1) is 15.8. The molecule has 1 aliphatic heterocycles. The van der Waals surface area contributed by atoms with Crippen molar-refractivity contribution in [3.63, 3.8) is 0 Å². The molecule has 1 amide bonds. The standard InChI is InChI=1S/C27H28N4O/c32-27(26-10-3-8-23-7-1-2-9-25(23)26)28-18-22-6-4-16-30(20-22)19-21-11-13-24(14-12-21)31-17-5-15-29-31/h1-3,5,7-15,17,22H,4,6,16,18-20H2,(H,28,32). The number of amides is 1. The molecular formula is C27H28N4O. The molecule has 32 heavy (non-hydrogen) atoms. The largest absolute Gasteiger partial charge is 0.352 e. The van der Waals surface area contributed by atoms with Gasteiger partial charge in [-0.1, -0.05) is 48.5 Å². The summed E-state index contributed by atoms with van der Waals surface area (Å²) in [6, 6.07) is 24.5. The zero-order valence-corrected chi connectivity index (χ0v) is 18.2. The smallest absolute Gasteiger partial charge is 0.251 e. The van der Waals surface area contributed by atoms with Crippen LogP contribution in [0.3, 0.4) is 0 Å². The van der Waals surface area contributed by atoms with E-state index in [2.05, 4.69) is 39.6 Å². The van der Waals surface area contributed by atoms with Gasteiger partial charge >= 0.3 is 0 Å². The summed E-state index contributed by atoms with van der Waals surface area (Å²) in [7, 11) is 0. The highest BCUT2D eigenvalue weighted by Crippen LogP contribution is 2.21. The molecule has 1 atom stereocenters. The second-order valence-corrected chi connectivity index (χ2v) is 8.60. The van der Waals surface area contributed by atoms with E-state index >= 15 is 0 Å². The third-order valence-corrected chi connectivity index (χ3v) is 6.30. The molecule has 2 heterocycles. The normalized spacial score (nSPS) is 16.8. The van der Waals surface area contributed by atoms with Gasteiger partial charge in [-0.15, -0.1) is 0 Å². The quantitative estimate of drug-likeness (QED) is 0.489. The van der Waals surface area contributed by atoms with Crippen LogP contribution < -0.4 is 5.32 Å². The van der Waals surface area contributed by atoms with Gasteiger partial charge in [-0.05, 0) is 65.9 Å². The van der Waals surface area contributed by atoms with Crippen LogP contribution in [-0.2, 0) is 6.54 Å². The highest BCUT2D eigenvalue weighted by Gasteiger charge is 2.21. The first kappa shape index (κ1) is 20.5. The van der Waals surface area contributed by atoms with Gasteiger partial charge in [-0.25, -0.2) is 4.68 Å². The molecule has 1 fully saturated rings. The molecule has 3 aromatic carbocycles.